The summed E-state index contributed by atoms with van der Waals surface area (Å²) in [4.78, 5) is 11.9. The summed E-state index contributed by atoms with van der Waals surface area (Å²) in [6.45, 7) is 9.09. The highest BCUT2D eigenvalue weighted by atomic mass is 35.5. The first-order chi connectivity index (χ1) is 9.22. The second-order valence-electron chi connectivity index (χ2n) is 7.92. The molecule has 1 aromatic rings. The molecule has 2 aliphatic rings. The van der Waals surface area contributed by atoms with Gasteiger partial charge in [0, 0.05) is 5.02 Å². The summed E-state index contributed by atoms with van der Waals surface area (Å²) >= 11 is 6.39. The van der Waals surface area contributed by atoms with Crippen molar-refractivity contribution < 1.29 is 4.79 Å². The van der Waals surface area contributed by atoms with E-state index in [-0.39, 0.29) is 16.2 Å². The van der Waals surface area contributed by atoms with E-state index in [9.17, 15) is 4.79 Å². The van der Waals surface area contributed by atoms with E-state index >= 15 is 0 Å². The monoisotopic (exact) mass is 290 g/mol. The SMILES string of the molecule is CC1(C)CCC2(C=O)CCC(C)(C)c3cc(Cl)cc1c32. The van der Waals surface area contributed by atoms with Crippen LogP contribution in [0.5, 0.6) is 0 Å². The molecule has 3 rings (SSSR count). The summed E-state index contributed by atoms with van der Waals surface area (Å²) in [5.41, 5.74) is 3.84. The molecule has 0 bridgehead atoms. The molecule has 0 spiro atoms. The molecular weight excluding hydrogens is 268 g/mol. The van der Waals surface area contributed by atoms with E-state index in [1.807, 2.05) is 0 Å². The van der Waals surface area contributed by atoms with E-state index in [2.05, 4.69) is 39.8 Å². The van der Waals surface area contributed by atoms with Gasteiger partial charge < -0.3 is 4.79 Å². The molecule has 0 N–H and O–H groups in total. The summed E-state index contributed by atoms with van der Waals surface area (Å²) < 4.78 is 0. The molecule has 0 heterocycles. The maximum atomic E-state index is 11.9. The third-order valence-corrected chi connectivity index (χ3v) is 5.90. The van der Waals surface area contributed by atoms with Crippen LogP contribution in [-0.4, -0.2) is 6.29 Å². The van der Waals surface area contributed by atoms with Gasteiger partial charge in [-0.15, -0.1) is 0 Å². The van der Waals surface area contributed by atoms with Gasteiger partial charge in [-0.25, -0.2) is 0 Å². The second kappa shape index (κ2) is 4.10. The zero-order chi connectivity index (χ0) is 14.8. The minimum atomic E-state index is -0.264. The van der Waals surface area contributed by atoms with Gasteiger partial charge in [0.15, 0.2) is 0 Å². The van der Waals surface area contributed by atoms with Crippen LogP contribution in [0.25, 0.3) is 0 Å². The Morgan fingerprint density at radius 1 is 0.950 bits per heavy atom. The highest BCUT2D eigenvalue weighted by molar-refractivity contribution is 6.30. The highest BCUT2D eigenvalue weighted by Gasteiger charge is 2.49. The summed E-state index contributed by atoms with van der Waals surface area (Å²) in [6.07, 6.45) is 5.27. The Hall–Kier alpha value is -0.820. The maximum absolute atomic E-state index is 11.9. The predicted octanol–water partition coefficient (Wildman–Crippen LogP) is 4.92. The molecule has 0 saturated carbocycles. The second-order valence-corrected chi connectivity index (χ2v) is 8.35. The molecule has 2 aliphatic carbocycles. The molecule has 0 unspecified atom stereocenters. The number of carbonyl (C=O) groups is 1. The molecular formula is C18H23ClO. The van der Waals surface area contributed by atoms with Gasteiger partial charge in [0.1, 0.15) is 6.29 Å². The normalized spacial score (nSPS) is 24.9. The van der Waals surface area contributed by atoms with E-state index in [4.69, 9.17) is 11.6 Å². The summed E-state index contributed by atoms with van der Waals surface area (Å²) in [6, 6.07) is 4.19. The van der Waals surface area contributed by atoms with Crippen molar-refractivity contribution in [3.05, 3.63) is 33.8 Å². The van der Waals surface area contributed by atoms with Gasteiger partial charge in [-0.3, -0.25) is 0 Å². The van der Waals surface area contributed by atoms with E-state index in [0.29, 0.717) is 0 Å². The third-order valence-electron chi connectivity index (χ3n) is 5.68. The summed E-state index contributed by atoms with van der Waals surface area (Å²) in [7, 11) is 0. The first-order valence-corrected chi connectivity index (χ1v) is 7.91. The first kappa shape index (κ1) is 14.1. The van der Waals surface area contributed by atoms with Crippen LogP contribution in [-0.2, 0) is 21.0 Å². The number of hydrogen-bond donors (Lipinski definition) is 0. The predicted molar refractivity (Wildman–Crippen MR) is 83.7 cm³/mol. The maximum Gasteiger partial charge on any atom is 0.130 e. The van der Waals surface area contributed by atoms with Gasteiger partial charge in [0.25, 0.3) is 0 Å². The molecule has 0 radical (unpaired) electrons. The van der Waals surface area contributed by atoms with Crippen molar-refractivity contribution in [1.29, 1.82) is 0 Å². The number of aldehydes is 1. The van der Waals surface area contributed by atoms with Gasteiger partial charge in [0.05, 0.1) is 5.41 Å². The zero-order valence-corrected chi connectivity index (χ0v) is 13.6. The molecule has 108 valence electrons. The van der Waals surface area contributed by atoms with Crippen molar-refractivity contribution in [3.63, 3.8) is 0 Å². The van der Waals surface area contributed by atoms with Crippen LogP contribution in [0.2, 0.25) is 5.02 Å². The molecule has 2 heteroatoms. The van der Waals surface area contributed by atoms with Crippen molar-refractivity contribution in [2.45, 2.75) is 69.6 Å². The zero-order valence-electron chi connectivity index (χ0n) is 12.8. The van der Waals surface area contributed by atoms with E-state index in [0.717, 1.165) is 30.7 Å². The van der Waals surface area contributed by atoms with E-state index in [1.165, 1.54) is 23.0 Å². The van der Waals surface area contributed by atoms with Crippen molar-refractivity contribution in [2.24, 2.45) is 0 Å². The molecule has 1 nitrogen and oxygen atoms in total. The topological polar surface area (TPSA) is 17.1 Å². The smallest absolute Gasteiger partial charge is 0.130 e. The Morgan fingerprint density at radius 3 is 1.80 bits per heavy atom. The fourth-order valence-electron chi connectivity index (χ4n) is 4.10. The van der Waals surface area contributed by atoms with Crippen LogP contribution >= 0.6 is 11.6 Å². The van der Waals surface area contributed by atoms with Crippen LogP contribution in [0, 0.1) is 0 Å². The van der Waals surface area contributed by atoms with Gasteiger partial charge in [-0.2, -0.15) is 0 Å². The fourth-order valence-corrected chi connectivity index (χ4v) is 4.32. The lowest BCUT2D eigenvalue weighted by Crippen LogP contribution is -2.45. The van der Waals surface area contributed by atoms with Crippen molar-refractivity contribution in [3.8, 4) is 0 Å². The van der Waals surface area contributed by atoms with Gasteiger partial charge in [0.2, 0.25) is 0 Å². The standard InChI is InChI=1S/C18H23ClO/c1-16(2)5-7-18(11-20)8-6-17(3,4)14-10-12(19)9-13(16)15(14)18/h9-11H,5-8H2,1-4H3. The van der Waals surface area contributed by atoms with Crippen LogP contribution in [0.3, 0.4) is 0 Å². The lowest BCUT2D eigenvalue weighted by atomic mass is 9.53. The van der Waals surface area contributed by atoms with Gasteiger partial charge in [-0.05, 0) is 65.3 Å². The molecule has 0 amide bonds. The fraction of sp³-hybridized carbons (Fsp3) is 0.611. The Bertz CT molecular complexity index is 542. The molecule has 0 aromatic heterocycles. The number of hydrogen-bond acceptors (Lipinski definition) is 1. The number of carbonyl (C=O) groups excluding carboxylic acids is 1. The van der Waals surface area contributed by atoms with Crippen molar-refractivity contribution in [1.82, 2.24) is 0 Å². The van der Waals surface area contributed by atoms with Crippen molar-refractivity contribution in [2.75, 3.05) is 0 Å². The molecule has 20 heavy (non-hydrogen) atoms. The number of rotatable bonds is 1. The van der Waals surface area contributed by atoms with Crippen LogP contribution in [0.15, 0.2) is 12.1 Å². The highest BCUT2D eigenvalue weighted by Crippen LogP contribution is 2.55. The number of halogens is 1. The molecule has 0 aliphatic heterocycles. The lowest BCUT2D eigenvalue weighted by Gasteiger charge is -2.50. The van der Waals surface area contributed by atoms with Gasteiger partial charge in [-0.1, -0.05) is 39.3 Å². The van der Waals surface area contributed by atoms with Crippen LogP contribution in [0.1, 0.15) is 70.1 Å². The molecule has 0 atom stereocenters. The van der Waals surface area contributed by atoms with Crippen molar-refractivity contribution >= 4 is 17.9 Å². The minimum absolute atomic E-state index is 0.106. The number of benzene rings is 1. The first-order valence-electron chi connectivity index (χ1n) is 7.53. The average Bonchev–Trinajstić information content (AvgIpc) is 2.37. The van der Waals surface area contributed by atoms with E-state index < -0.39 is 0 Å². The minimum Gasteiger partial charge on any atom is -0.302 e. The molecule has 0 fully saturated rings. The van der Waals surface area contributed by atoms with Crippen LogP contribution in [0.4, 0.5) is 0 Å². The Balaban J connectivity index is 2.40. The average molecular weight is 291 g/mol. The largest absolute Gasteiger partial charge is 0.302 e. The summed E-state index contributed by atoms with van der Waals surface area (Å²) in [5.74, 6) is 0. The summed E-state index contributed by atoms with van der Waals surface area (Å²) in [5, 5.41) is 0.809. The van der Waals surface area contributed by atoms with Crippen LogP contribution < -0.4 is 0 Å². The Kier molecular flexibility index (Phi) is 2.90. The Labute approximate surface area is 126 Å². The molecule has 0 saturated heterocycles. The third kappa shape index (κ3) is 1.79. The quantitative estimate of drug-likeness (QED) is 0.671. The van der Waals surface area contributed by atoms with E-state index in [1.54, 1.807) is 0 Å². The Morgan fingerprint density at radius 2 is 1.40 bits per heavy atom. The van der Waals surface area contributed by atoms with Gasteiger partial charge >= 0.3 is 0 Å². The lowest BCUT2D eigenvalue weighted by molar-refractivity contribution is -0.114. The molecule has 1 aromatic carbocycles.